The first-order valence-electron chi connectivity index (χ1n) is 11.7. The number of piperidine rings is 1. The molecule has 6 heteroatoms. The Balaban J connectivity index is 1.57. The van der Waals surface area contributed by atoms with Crippen LogP contribution in [0.25, 0.3) is 0 Å². The lowest BCUT2D eigenvalue weighted by molar-refractivity contribution is 0.00578. The summed E-state index contributed by atoms with van der Waals surface area (Å²) < 4.78 is 19.3. The second kappa shape index (κ2) is 8.09. The standard InChI is InChI=1S/C23H44BNO3Si/c1-21(2,3)29(8,9)26-20-11-10-16-25(17-20)19-14-12-18(13-15-19)24-27-22(4,5)23(6,7)28-24/h12,19-20H,10-11,13-17H2,1-9H3/t19?,20-/m0/s1. The van der Waals surface area contributed by atoms with Gasteiger partial charge < -0.3 is 13.7 Å². The van der Waals surface area contributed by atoms with Crippen molar-refractivity contribution in [1.29, 1.82) is 0 Å². The monoisotopic (exact) mass is 421 g/mol. The smallest absolute Gasteiger partial charge is 0.413 e. The molecule has 0 spiro atoms. The van der Waals surface area contributed by atoms with Gasteiger partial charge in [-0.1, -0.05) is 26.8 Å². The SMILES string of the molecule is CC1(C)OB(C2=CCC(N3CCC[C@H](O[Si](C)(C)C(C)(C)C)C3)CC2)OC1(C)C. The van der Waals surface area contributed by atoms with Crippen molar-refractivity contribution in [3.8, 4) is 0 Å². The molecular weight excluding hydrogens is 377 g/mol. The minimum absolute atomic E-state index is 0.169. The molecule has 4 nitrogen and oxygen atoms in total. The molecule has 0 aromatic rings. The zero-order valence-corrected chi connectivity index (χ0v) is 21.4. The molecule has 1 unspecified atom stereocenters. The molecular formula is C23H44BNO3Si. The maximum atomic E-state index is 6.75. The van der Waals surface area contributed by atoms with E-state index in [0.717, 1.165) is 19.4 Å². The first kappa shape index (κ1) is 23.5. The second-order valence-electron chi connectivity index (χ2n) is 11.9. The average Bonchev–Trinajstić information content (AvgIpc) is 2.81. The summed E-state index contributed by atoms with van der Waals surface area (Å²) in [5.74, 6) is 0. The highest BCUT2D eigenvalue weighted by Crippen LogP contribution is 2.41. The maximum absolute atomic E-state index is 6.75. The predicted molar refractivity (Wildman–Crippen MR) is 125 cm³/mol. The molecule has 0 aromatic carbocycles. The van der Waals surface area contributed by atoms with Gasteiger partial charge in [0.1, 0.15) is 0 Å². The van der Waals surface area contributed by atoms with Crippen LogP contribution in [-0.2, 0) is 13.7 Å². The molecule has 29 heavy (non-hydrogen) atoms. The summed E-state index contributed by atoms with van der Waals surface area (Å²) >= 11 is 0. The second-order valence-corrected chi connectivity index (χ2v) is 16.7. The van der Waals surface area contributed by atoms with Gasteiger partial charge in [0.25, 0.3) is 0 Å². The van der Waals surface area contributed by atoms with Crippen molar-refractivity contribution in [2.24, 2.45) is 0 Å². The fourth-order valence-corrected chi connectivity index (χ4v) is 5.75. The van der Waals surface area contributed by atoms with Gasteiger partial charge >= 0.3 is 7.12 Å². The third-order valence-electron chi connectivity index (χ3n) is 8.17. The lowest BCUT2D eigenvalue weighted by atomic mass is 9.71. The van der Waals surface area contributed by atoms with E-state index in [1.54, 1.807) is 0 Å². The number of hydrogen-bond donors (Lipinski definition) is 0. The van der Waals surface area contributed by atoms with Crippen LogP contribution in [0.15, 0.2) is 11.5 Å². The quantitative estimate of drug-likeness (QED) is 0.554. The van der Waals surface area contributed by atoms with E-state index >= 15 is 0 Å². The molecule has 0 saturated carbocycles. The fourth-order valence-electron chi connectivity index (χ4n) is 4.37. The van der Waals surface area contributed by atoms with Crippen molar-refractivity contribution < 1.29 is 13.7 Å². The molecule has 0 N–H and O–H groups in total. The Kier molecular flexibility index (Phi) is 6.56. The number of likely N-dealkylation sites (tertiary alicyclic amines) is 1. The van der Waals surface area contributed by atoms with Gasteiger partial charge in [-0.05, 0) is 89.9 Å². The molecule has 0 radical (unpaired) electrons. The Hall–Kier alpha value is -0.138. The summed E-state index contributed by atoms with van der Waals surface area (Å²) in [6, 6.07) is 0.631. The van der Waals surface area contributed by atoms with E-state index in [1.165, 1.54) is 31.3 Å². The first-order chi connectivity index (χ1) is 13.2. The molecule has 1 aliphatic carbocycles. The molecule has 2 saturated heterocycles. The van der Waals surface area contributed by atoms with Crippen LogP contribution in [0.1, 0.15) is 80.6 Å². The molecule has 0 aromatic heterocycles. The predicted octanol–water partition coefficient (Wildman–Crippen LogP) is 5.58. The average molecular weight is 422 g/mol. The highest BCUT2D eigenvalue weighted by molar-refractivity contribution is 6.74. The van der Waals surface area contributed by atoms with E-state index in [2.05, 4.69) is 72.5 Å². The zero-order chi connectivity index (χ0) is 21.7. The Morgan fingerprint density at radius 1 is 1.10 bits per heavy atom. The van der Waals surface area contributed by atoms with Crippen LogP contribution in [-0.4, -0.2) is 56.8 Å². The van der Waals surface area contributed by atoms with E-state index in [0.29, 0.717) is 12.1 Å². The zero-order valence-electron chi connectivity index (χ0n) is 20.4. The molecule has 0 amide bonds. The number of hydrogen-bond acceptors (Lipinski definition) is 4. The van der Waals surface area contributed by atoms with Crippen LogP contribution in [0, 0.1) is 0 Å². The van der Waals surface area contributed by atoms with Gasteiger partial charge in [-0.15, -0.1) is 0 Å². The van der Waals surface area contributed by atoms with E-state index in [-0.39, 0.29) is 23.4 Å². The van der Waals surface area contributed by atoms with Crippen LogP contribution in [0.4, 0.5) is 0 Å². The molecule has 2 heterocycles. The minimum atomic E-state index is -1.70. The Labute approximate surface area is 181 Å². The fraction of sp³-hybridized carbons (Fsp3) is 0.913. The normalized spacial score (nSPS) is 31.1. The van der Waals surface area contributed by atoms with Gasteiger partial charge in [-0.25, -0.2) is 0 Å². The molecule has 0 bridgehead atoms. The largest absolute Gasteiger partial charge is 0.490 e. The molecule has 3 rings (SSSR count). The van der Waals surface area contributed by atoms with Gasteiger partial charge in [0.2, 0.25) is 0 Å². The van der Waals surface area contributed by atoms with Crippen molar-refractivity contribution in [2.75, 3.05) is 13.1 Å². The third-order valence-corrected chi connectivity index (χ3v) is 12.7. The number of nitrogens with zero attached hydrogens (tertiary/aromatic N) is 1. The van der Waals surface area contributed by atoms with Crippen LogP contribution >= 0.6 is 0 Å². The molecule has 3 aliphatic rings. The van der Waals surface area contributed by atoms with E-state index in [9.17, 15) is 0 Å². The molecule has 2 aliphatic heterocycles. The summed E-state index contributed by atoms with van der Waals surface area (Å²) in [6.07, 6.45) is 8.64. The summed E-state index contributed by atoms with van der Waals surface area (Å²) in [5, 5.41) is 0.278. The van der Waals surface area contributed by atoms with Crippen LogP contribution < -0.4 is 0 Å². The summed E-state index contributed by atoms with van der Waals surface area (Å²) in [4.78, 5) is 2.69. The highest BCUT2D eigenvalue weighted by atomic mass is 28.4. The Bertz CT molecular complexity index is 610. The Morgan fingerprint density at radius 2 is 1.72 bits per heavy atom. The molecule has 166 valence electrons. The van der Waals surface area contributed by atoms with Gasteiger partial charge in [0, 0.05) is 12.6 Å². The number of rotatable bonds is 4. The lowest BCUT2D eigenvalue weighted by Gasteiger charge is -2.44. The van der Waals surface area contributed by atoms with Crippen molar-refractivity contribution in [3.63, 3.8) is 0 Å². The third kappa shape index (κ3) is 5.03. The number of allylic oxidation sites excluding steroid dienone is 1. The minimum Gasteiger partial charge on any atom is -0.413 e. The summed E-state index contributed by atoms with van der Waals surface area (Å²) in [6.45, 7) is 22.6. The van der Waals surface area contributed by atoms with Crippen LogP contribution in [0.5, 0.6) is 0 Å². The van der Waals surface area contributed by atoms with Gasteiger partial charge in [-0.2, -0.15) is 0 Å². The van der Waals surface area contributed by atoms with Gasteiger partial charge in [-0.3, -0.25) is 4.90 Å². The van der Waals surface area contributed by atoms with Crippen LogP contribution in [0.2, 0.25) is 18.1 Å². The van der Waals surface area contributed by atoms with Crippen LogP contribution in [0.3, 0.4) is 0 Å². The Morgan fingerprint density at radius 3 is 2.24 bits per heavy atom. The maximum Gasteiger partial charge on any atom is 0.490 e. The van der Waals surface area contributed by atoms with Crippen molar-refractivity contribution in [2.45, 2.75) is 122 Å². The van der Waals surface area contributed by atoms with Crippen molar-refractivity contribution in [3.05, 3.63) is 11.5 Å². The highest BCUT2D eigenvalue weighted by Gasteiger charge is 2.52. The van der Waals surface area contributed by atoms with Gasteiger partial charge in [0.05, 0.1) is 17.3 Å². The summed E-state index contributed by atoms with van der Waals surface area (Å²) in [5.41, 5.74) is 0.832. The lowest BCUT2D eigenvalue weighted by Crippen LogP contribution is -2.51. The van der Waals surface area contributed by atoms with E-state index in [1.807, 2.05) is 0 Å². The summed E-state index contributed by atoms with van der Waals surface area (Å²) in [7, 11) is -1.87. The molecule has 2 atom stereocenters. The first-order valence-corrected chi connectivity index (χ1v) is 14.6. The van der Waals surface area contributed by atoms with E-state index < -0.39 is 8.32 Å². The van der Waals surface area contributed by atoms with Gasteiger partial charge in [0.15, 0.2) is 8.32 Å². The van der Waals surface area contributed by atoms with Crippen molar-refractivity contribution >= 4 is 15.4 Å². The topological polar surface area (TPSA) is 30.9 Å². The molecule has 2 fully saturated rings. The van der Waals surface area contributed by atoms with E-state index in [4.69, 9.17) is 13.7 Å². The van der Waals surface area contributed by atoms with Crippen molar-refractivity contribution in [1.82, 2.24) is 4.90 Å².